The van der Waals surface area contributed by atoms with E-state index in [0.717, 1.165) is 44.3 Å². The van der Waals surface area contributed by atoms with Gasteiger partial charge in [-0.3, -0.25) is 14.6 Å². The zero-order chi connectivity index (χ0) is 30.2. The van der Waals surface area contributed by atoms with E-state index < -0.39 is 5.97 Å². The smallest absolute Gasteiger partial charge is 0.306 e. The van der Waals surface area contributed by atoms with Gasteiger partial charge < -0.3 is 10.8 Å². The fourth-order valence-electron chi connectivity index (χ4n) is 12.3. The van der Waals surface area contributed by atoms with E-state index in [1.807, 2.05) is 11.7 Å². The van der Waals surface area contributed by atoms with Crippen LogP contribution in [0.5, 0.6) is 0 Å². The van der Waals surface area contributed by atoms with Gasteiger partial charge in [0.2, 0.25) is 0 Å². The lowest BCUT2D eigenvalue weighted by Gasteiger charge is -2.70. The second-order valence-electron chi connectivity index (χ2n) is 17.1. The molecule has 0 aliphatic heterocycles. The van der Waals surface area contributed by atoms with Crippen molar-refractivity contribution in [2.75, 3.05) is 5.73 Å². The molecule has 0 amide bonds. The average Bonchev–Trinajstić information content (AvgIpc) is 3.48. The number of aliphatic carboxylic acids is 1. The Hall–Kier alpha value is -2.57. The minimum absolute atomic E-state index is 0.000478. The summed E-state index contributed by atoms with van der Waals surface area (Å²) in [6.07, 6.45) is 12.5. The molecule has 0 radical (unpaired) electrons. The molecule has 2 aromatic rings. The summed E-state index contributed by atoms with van der Waals surface area (Å²) in [6.45, 7) is 17.1. The van der Waals surface area contributed by atoms with Crippen molar-refractivity contribution in [2.24, 2.45) is 58.3 Å². The van der Waals surface area contributed by atoms with Gasteiger partial charge in [-0.25, -0.2) is 0 Å². The highest BCUT2D eigenvalue weighted by molar-refractivity contribution is 5.74. The van der Waals surface area contributed by atoms with Crippen molar-refractivity contribution in [2.45, 2.75) is 105 Å². The van der Waals surface area contributed by atoms with E-state index in [1.54, 1.807) is 5.57 Å². The monoisotopic (exact) mass is 573 g/mol. The van der Waals surface area contributed by atoms with Crippen LogP contribution in [-0.2, 0) is 23.7 Å². The molecule has 5 aliphatic rings. The summed E-state index contributed by atoms with van der Waals surface area (Å²) < 4.78 is 1.94. The van der Waals surface area contributed by atoms with Crippen LogP contribution in [0.3, 0.4) is 0 Å². The number of nitrogens with one attached hydrogen (secondary N) is 1. The standard InChI is InChI=1S/C35H51N5O2/c1-31(2)14-22-20(23(15-31)30(41)42)9-11-35(7)27(22)21(19-17-37-40(8)18-19)13-26-33(5)16-24-28(38-39-29(24)36)32(3,4)25(33)10-12-34(26,35)6/h17-18,20,22-23,25-26H,9-16H2,1-8H3,(H,41,42)(H3,36,38,39)/t20-,22-,23+,25-,26?,33-,34+,35+/m0/s1. The Labute approximate surface area is 251 Å². The molecular weight excluding hydrogens is 522 g/mol. The van der Waals surface area contributed by atoms with E-state index in [9.17, 15) is 9.90 Å². The van der Waals surface area contributed by atoms with E-state index in [-0.39, 0.29) is 38.9 Å². The molecule has 8 atom stereocenters. The third kappa shape index (κ3) is 3.48. The van der Waals surface area contributed by atoms with E-state index in [0.29, 0.717) is 17.8 Å². The summed E-state index contributed by atoms with van der Waals surface area (Å²) in [4.78, 5) is 12.7. The molecule has 7 rings (SSSR count). The first kappa shape index (κ1) is 28.2. The van der Waals surface area contributed by atoms with Gasteiger partial charge in [0.15, 0.2) is 0 Å². The van der Waals surface area contributed by atoms with Gasteiger partial charge in [0.25, 0.3) is 0 Å². The maximum absolute atomic E-state index is 12.7. The number of hydrogen-bond acceptors (Lipinski definition) is 4. The first-order chi connectivity index (χ1) is 19.5. The fraction of sp³-hybridized carbons (Fsp3) is 0.743. The van der Waals surface area contributed by atoms with Crippen molar-refractivity contribution in [1.82, 2.24) is 20.0 Å². The fourth-order valence-corrected chi connectivity index (χ4v) is 12.3. The number of anilines is 1. The molecular formula is C35H51N5O2. The molecule has 0 aromatic carbocycles. The maximum Gasteiger partial charge on any atom is 0.306 e. The molecule has 228 valence electrons. The number of rotatable bonds is 2. The SMILES string of the molecule is Cn1cc(C2=C3[C@H]4CC(C)(C)C[C@@H](C(=O)O)[C@H]4CC[C@@]3(C)[C@]3(C)CC[C@H]4C(C)(C)c5n[nH]c(N)c5C[C@]4(C)C3C2)cn1. The number of nitrogens with two attached hydrogens (primary N) is 1. The van der Waals surface area contributed by atoms with Crippen LogP contribution in [0.25, 0.3) is 5.57 Å². The number of nitrogens with zero attached hydrogens (tertiary/aromatic N) is 3. The van der Waals surface area contributed by atoms with Gasteiger partial charge in [-0.1, -0.05) is 54.0 Å². The lowest BCUT2D eigenvalue weighted by atomic mass is 9.33. The predicted octanol–water partition coefficient (Wildman–Crippen LogP) is 7.01. The van der Waals surface area contributed by atoms with Crippen molar-refractivity contribution in [1.29, 1.82) is 0 Å². The molecule has 42 heavy (non-hydrogen) atoms. The number of aromatic nitrogens is 4. The minimum Gasteiger partial charge on any atom is -0.481 e. The molecule has 0 spiro atoms. The summed E-state index contributed by atoms with van der Waals surface area (Å²) >= 11 is 0. The Morgan fingerprint density at radius 3 is 2.48 bits per heavy atom. The summed E-state index contributed by atoms with van der Waals surface area (Å²) in [6, 6.07) is 0. The van der Waals surface area contributed by atoms with Crippen molar-refractivity contribution < 1.29 is 9.90 Å². The molecule has 2 aromatic heterocycles. The topological polar surface area (TPSA) is 110 Å². The summed E-state index contributed by atoms with van der Waals surface area (Å²) in [7, 11) is 2.01. The average molecular weight is 574 g/mol. The van der Waals surface area contributed by atoms with Crippen LogP contribution in [0.2, 0.25) is 0 Å². The van der Waals surface area contributed by atoms with Crippen LogP contribution in [0, 0.1) is 51.2 Å². The van der Waals surface area contributed by atoms with E-state index in [4.69, 9.17) is 10.8 Å². The van der Waals surface area contributed by atoms with Crippen LogP contribution >= 0.6 is 0 Å². The molecule has 4 N–H and O–H groups in total. The first-order valence-corrected chi connectivity index (χ1v) is 16.3. The van der Waals surface area contributed by atoms with Crippen molar-refractivity contribution in [3.63, 3.8) is 0 Å². The summed E-state index contributed by atoms with van der Waals surface area (Å²) in [5.74, 6) is 1.35. The number of fused-ring (bicyclic) bond motifs is 8. The van der Waals surface area contributed by atoms with Crippen molar-refractivity contribution in [3.05, 3.63) is 34.8 Å². The Morgan fingerprint density at radius 2 is 1.81 bits per heavy atom. The molecule has 7 nitrogen and oxygen atoms in total. The van der Waals surface area contributed by atoms with Gasteiger partial charge in [0, 0.05) is 29.8 Å². The lowest BCUT2D eigenvalue weighted by molar-refractivity contribution is -0.161. The van der Waals surface area contributed by atoms with Gasteiger partial charge >= 0.3 is 5.97 Å². The first-order valence-electron chi connectivity index (χ1n) is 16.3. The Balaban J connectivity index is 1.45. The number of nitrogen functional groups attached to an aromatic ring is 1. The van der Waals surface area contributed by atoms with Crippen LogP contribution in [0.4, 0.5) is 5.82 Å². The summed E-state index contributed by atoms with van der Waals surface area (Å²) in [5, 5.41) is 23.0. The molecule has 5 aliphatic carbocycles. The number of aromatic amines is 1. The third-order valence-corrected chi connectivity index (χ3v) is 14.1. The molecule has 2 heterocycles. The van der Waals surface area contributed by atoms with E-state index in [1.165, 1.54) is 35.2 Å². The molecule has 1 unspecified atom stereocenters. The minimum atomic E-state index is -0.601. The highest BCUT2D eigenvalue weighted by Crippen LogP contribution is 2.76. The molecule has 3 saturated carbocycles. The number of carboxylic acid groups (broad SMARTS) is 1. The van der Waals surface area contributed by atoms with E-state index >= 15 is 0 Å². The van der Waals surface area contributed by atoms with Gasteiger partial charge in [-0.05, 0) is 102 Å². The van der Waals surface area contributed by atoms with Crippen molar-refractivity contribution in [3.8, 4) is 0 Å². The Morgan fingerprint density at radius 1 is 1.07 bits per heavy atom. The highest BCUT2D eigenvalue weighted by Gasteiger charge is 2.68. The van der Waals surface area contributed by atoms with Crippen LogP contribution in [0.15, 0.2) is 18.0 Å². The Bertz CT molecular complexity index is 1500. The van der Waals surface area contributed by atoms with E-state index in [2.05, 4.69) is 71.1 Å². The highest BCUT2D eigenvalue weighted by atomic mass is 16.4. The van der Waals surface area contributed by atoms with Gasteiger partial charge in [-0.2, -0.15) is 10.2 Å². The van der Waals surface area contributed by atoms with Crippen LogP contribution in [0.1, 0.15) is 110 Å². The van der Waals surface area contributed by atoms with Crippen molar-refractivity contribution >= 4 is 17.4 Å². The maximum atomic E-state index is 12.7. The summed E-state index contributed by atoms with van der Waals surface area (Å²) in [5.41, 5.74) is 13.4. The number of allylic oxidation sites excluding steroid dienone is 2. The number of aryl methyl sites for hydroxylation is 1. The third-order valence-electron chi connectivity index (χ3n) is 14.1. The predicted molar refractivity (Wildman–Crippen MR) is 165 cm³/mol. The van der Waals surface area contributed by atoms with Gasteiger partial charge in [0.1, 0.15) is 5.82 Å². The second kappa shape index (κ2) is 8.53. The van der Waals surface area contributed by atoms with Gasteiger partial charge in [-0.15, -0.1) is 0 Å². The van der Waals surface area contributed by atoms with Gasteiger partial charge in [0.05, 0.1) is 17.8 Å². The molecule has 0 saturated heterocycles. The quantitative estimate of drug-likeness (QED) is 0.358. The zero-order valence-corrected chi connectivity index (χ0v) is 27.0. The van der Waals surface area contributed by atoms with Crippen LogP contribution < -0.4 is 5.73 Å². The lowest BCUT2D eigenvalue weighted by Crippen LogP contribution is -2.64. The molecule has 0 bridgehead atoms. The number of H-pyrrole nitrogens is 1. The molecule has 7 heteroatoms. The zero-order valence-electron chi connectivity index (χ0n) is 27.0. The normalized spacial score (nSPS) is 41.7. The van der Waals surface area contributed by atoms with Crippen LogP contribution in [-0.4, -0.2) is 31.1 Å². The molecule has 3 fully saturated rings. The second-order valence-corrected chi connectivity index (χ2v) is 17.1. The number of hydrogen-bond donors (Lipinski definition) is 3. The Kier molecular flexibility index (Phi) is 5.73. The number of carboxylic acids is 1. The largest absolute Gasteiger partial charge is 0.481 e. The number of carbonyl (C=O) groups is 1.